The lowest BCUT2D eigenvalue weighted by atomic mass is 9.93. The van der Waals surface area contributed by atoms with Crippen LogP contribution in [0.2, 0.25) is 0 Å². The molecule has 1 heterocycles. The second kappa shape index (κ2) is 7.12. The molecule has 0 aliphatic carbocycles. The van der Waals surface area contributed by atoms with Crippen LogP contribution in [0.3, 0.4) is 0 Å². The van der Waals surface area contributed by atoms with Crippen LogP contribution in [0, 0.1) is 0 Å². The average Bonchev–Trinajstić information content (AvgIpc) is 2.93. The summed E-state index contributed by atoms with van der Waals surface area (Å²) in [7, 11) is 0. The first-order valence-electron chi connectivity index (χ1n) is 9.76. The molecule has 1 aliphatic heterocycles. The Kier molecular flexibility index (Phi) is 4.29. The fourth-order valence-corrected chi connectivity index (χ4v) is 4.05. The lowest BCUT2D eigenvalue weighted by Gasteiger charge is -2.21. The highest BCUT2D eigenvalue weighted by molar-refractivity contribution is 6.14. The van der Waals surface area contributed by atoms with Gasteiger partial charge in [0.25, 0.3) is 0 Å². The standard InChI is InChI=1S/C25H20N2O3/c28-16-10-11-18(24(30)13-16)21-14-22(27-20-8-4-3-7-19(20)26-21)25-17-6-2-1-5-15(17)9-12-23(25)29/h1-13,21,26,28-30H,14H2. The van der Waals surface area contributed by atoms with Gasteiger partial charge in [0, 0.05) is 23.6 Å². The number of hydrogen-bond donors (Lipinski definition) is 4. The molecular formula is C25H20N2O3. The molecule has 5 rings (SSSR count). The lowest BCUT2D eigenvalue weighted by Crippen LogP contribution is -2.15. The van der Waals surface area contributed by atoms with E-state index >= 15 is 0 Å². The van der Waals surface area contributed by atoms with Gasteiger partial charge in [0.2, 0.25) is 0 Å². The number of phenols is 3. The average molecular weight is 396 g/mol. The van der Waals surface area contributed by atoms with E-state index in [1.807, 2.05) is 54.6 Å². The van der Waals surface area contributed by atoms with Crippen molar-refractivity contribution in [3.8, 4) is 17.2 Å². The Morgan fingerprint density at radius 3 is 2.47 bits per heavy atom. The number of fused-ring (bicyclic) bond motifs is 2. The Hall–Kier alpha value is -3.99. The normalized spacial score (nSPS) is 15.7. The maximum absolute atomic E-state index is 10.8. The first-order valence-corrected chi connectivity index (χ1v) is 9.76. The Morgan fingerprint density at radius 1 is 0.800 bits per heavy atom. The van der Waals surface area contributed by atoms with Gasteiger partial charge in [-0.2, -0.15) is 0 Å². The van der Waals surface area contributed by atoms with Crippen LogP contribution in [0.4, 0.5) is 11.4 Å². The third-order valence-corrected chi connectivity index (χ3v) is 5.47. The minimum Gasteiger partial charge on any atom is -0.508 e. The first-order chi connectivity index (χ1) is 14.6. The number of rotatable bonds is 2. The molecule has 5 nitrogen and oxygen atoms in total. The maximum Gasteiger partial charge on any atom is 0.125 e. The summed E-state index contributed by atoms with van der Waals surface area (Å²) in [5.41, 5.74) is 3.66. The highest BCUT2D eigenvalue weighted by atomic mass is 16.3. The second-order valence-corrected chi connectivity index (χ2v) is 7.40. The Morgan fingerprint density at radius 2 is 1.60 bits per heavy atom. The zero-order chi connectivity index (χ0) is 20.7. The zero-order valence-electron chi connectivity index (χ0n) is 16.1. The highest BCUT2D eigenvalue weighted by Gasteiger charge is 2.25. The number of aliphatic imine (C=N–C) groups is 1. The summed E-state index contributed by atoms with van der Waals surface area (Å²) in [5.74, 6) is 0.180. The van der Waals surface area contributed by atoms with E-state index in [9.17, 15) is 15.3 Å². The fourth-order valence-electron chi connectivity index (χ4n) is 4.05. The monoisotopic (exact) mass is 396 g/mol. The van der Waals surface area contributed by atoms with Gasteiger partial charge in [0.1, 0.15) is 17.2 Å². The molecule has 0 bridgehead atoms. The topological polar surface area (TPSA) is 85.1 Å². The van der Waals surface area contributed by atoms with E-state index in [0.717, 1.165) is 27.9 Å². The van der Waals surface area contributed by atoms with Crippen molar-refractivity contribution in [3.63, 3.8) is 0 Å². The highest BCUT2D eigenvalue weighted by Crippen LogP contribution is 2.40. The number of anilines is 1. The third kappa shape index (κ3) is 3.10. The lowest BCUT2D eigenvalue weighted by molar-refractivity contribution is 0.443. The van der Waals surface area contributed by atoms with E-state index in [-0.39, 0.29) is 23.3 Å². The van der Waals surface area contributed by atoms with Crippen LogP contribution >= 0.6 is 0 Å². The molecule has 4 aromatic carbocycles. The fraction of sp³-hybridized carbons (Fsp3) is 0.0800. The number of aromatic hydroxyl groups is 3. The van der Waals surface area contributed by atoms with Crippen molar-refractivity contribution in [1.29, 1.82) is 0 Å². The van der Waals surface area contributed by atoms with E-state index in [1.165, 1.54) is 6.07 Å². The zero-order valence-corrected chi connectivity index (χ0v) is 16.1. The van der Waals surface area contributed by atoms with Gasteiger partial charge >= 0.3 is 0 Å². The number of benzene rings is 4. The van der Waals surface area contributed by atoms with Crippen molar-refractivity contribution in [2.24, 2.45) is 4.99 Å². The Bertz CT molecular complexity index is 1300. The Labute approximate surface area is 173 Å². The molecule has 5 heteroatoms. The second-order valence-electron chi connectivity index (χ2n) is 7.40. The van der Waals surface area contributed by atoms with Crippen LogP contribution < -0.4 is 5.32 Å². The molecule has 0 radical (unpaired) electrons. The summed E-state index contributed by atoms with van der Waals surface area (Å²) in [6, 6.07) is 23.5. The van der Waals surface area contributed by atoms with Crippen LogP contribution in [-0.4, -0.2) is 21.0 Å². The van der Waals surface area contributed by atoms with Gasteiger partial charge in [-0.25, -0.2) is 0 Å². The van der Waals surface area contributed by atoms with Gasteiger partial charge in [0.05, 0.1) is 23.1 Å². The molecule has 0 saturated carbocycles. The van der Waals surface area contributed by atoms with Crippen molar-refractivity contribution in [2.45, 2.75) is 12.5 Å². The molecule has 0 amide bonds. The van der Waals surface area contributed by atoms with Crippen LogP contribution in [0.25, 0.3) is 10.8 Å². The predicted octanol–water partition coefficient (Wildman–Crippen LogP) is 5.63. The van der Waals surface area contributed by atoms with Gasteiger partial charge < -0.3 is 20.6 Å². The summed E-state index contributed by atoms with van der Waals surface area (Å²) in [5, 5.41) is 36.3. The molecule has 1 atom stereocenters. The maximum atomic E-state index is 10.8. The minimum absolute atomic E-state index is 0.00543. The van der Waals surface area contributed by atoms with Crippen LogP contribution in [-0.2, 0) is 0 Å². The SMILES string of the molecule is Oc1ccc(C2CC(c3c(O)ccc4ccccc34)=Nc3ccccc3N2)c(O)c1. The number of nitrogens with one attached hydrogen (secondary N) is 1. The molecule has 30 heavy (non-hydrogen) atoms. The molecule has 4 aromatic rings. The summed E-state index contributed by atoms with van der Waals surface area (Å²) >= 11 is 0. The summed E-state index contributed by atoms with van der Waals surface area (Å²) in [6.45, 7) is 0. The molecule has 148 valence electrons. The van der Waals surface area contributed by atoms with Crippen LogP contribution in [0.5, 0.6) is 17.2 Å². The molecule has 0 saturated heterocycles. The van der Waals surface area contributed by atoms with Crippen molar-refractivity contribution in [1.82, 2.24) is 0 Å². The number of hydrogen-bond acceptors (Lipinski definition) is 5. The van der Waals surface area contributed by atoms with Gasteiger partial charge in [-0.3, -0.25) is 4.99 Å². The van der Waals surface area contributed by atoms with Crippen molar-refractivity contribution in [2.75, 3.05) is 5.32 Å². The van der Waals surface area contributed by atoms with Crippen molar-refractivity contribution >= 4 is 27.9 Å². The minimum atomic E-state index is -0.300. The smallest absolute Gasteiger partial charge is 0.125 e. The molecule has 1 aliphatic rings. The summed E-state index contributed by atoms with van der Waals surface area (Å²) in [4.78, 5) is 4.91. The third-order valence-electron chi connectivity index (χ3n) is 5.47. The van der Waals surface area contributed by atoms with E-state index < -0.39 is 0 Å². The van der Waals surface area contributed by atoms with Gasteiger partial charge in [-0.05, 0) is 41.1 Å². The van der Waals surface area contributed by atoms with Crippen molar-refractivity contribution in [3.05, 3.63) is 90.0 Å². The van der Waals surface area contributed by atoms with Gasteiger partial charge in [-0.1, -0.05) is 42.5 Å². The summed E-state index contributed by atoms with van der Waals surface area (Å²) in [6.07, 6.45) is 0.439. The van der Waals surface area contributed by atoms with Gasteiger partial charge in [0.15, 0.2) is 0 Å². The molecule has 0 fully saturated rings. The van der Waals surface area contributed by atoms with E-state index in [2.05, 4.69) is 5.32 Å². The van der Waals surface area contributed by atoms with E-state index in [1.54, 1.807) is 18.2 Å². The molecule has 0 spiro atoms. The first kappa shape index (κ1) is 18.1. The number of nitrogens with zero attached hydrogens (tertiary/aromatic N) is 1. The van der Waals surface area contributed by atoms with Crippen LogP contribution in [0.1, 0.15) is 23.6 Å². The molecule has 4 N–H and O–H groups in total. The number of phenolic OH excluding ortho intramolecular Hbond substituents is 3. The largest absolute Gasteiger partial charge is 0.508 e. The Balaban J connectivity index is 1.72. The van der Waals surface area contributed by atoms with Gasteiger partial charge in [-0.15, -0.1) is 0 Å². The summed E-state index contributed by atoms with van der Waals surface area (Å²) < 4.78 is 0. The quantitative estimate of drug-likeness (QED) is 0.354. The predicted molar refractivity (Wildman–Crippen MR) is 119 cm³/mol. The molecule has 1 unspecified atom stereocenters. The van der Waals surface area contributed by atoms with Crippen LogP contribution in [0.15, 0.2) is 83.9 Å². The van der Waals surface area contributed by atoms with Crippen molar-refractivity contribution < 1.29 is 15.3 Å². The molecular weight excluding hydrogens is 376 g/mol. The number of para-hydroxylation sites is 2. The van der Waals surface area contributed by atoms with E-state index in [4.69, 9.17) is 4.99 Å². The van der Waals surface area contributed by atoms with E-state index in [0.29, 0.717) is 17.5 Å². The molecule has 0 aromatic heterocycles.